The maximum absolute atomic E-state index is 13.3. The number of nitrogens with one attached hydrogen (secondary N) is 4. The van der Waals surface area contributed by atoms with Crippen LogP contribution in [0.5, 0.6) is 0 Å². The lowest BCUT2D eigenvalue weighted by molar-refractivity contribution is -0.383. The number of aromatic nitrogens is 2. The van der Waals surface area contributed by atoms with Crippen LogP contribution in [0.2, 0.25) is 0 Å². The van der Waals surface area contributed by atoms with Gasteiger partial charge in [0.25, 0.3) is 5.91 Å². The number of anilines is 2. The highest BCUT2D eigenvalue weighted by molar-refractivity contribution is 6.07. The Morgan fingerprint density at radius 1 is 0.700 bits per heavy atom. The van der Waals surface area contributed by atoms with E-state index >= 15 is 0 Å². The number of fused-ring (bicyclic) bond motifs is 1. The van der Waals surface area contributed by atoms with E-state index in [0.717, 1.165) is 28.2 Å². The minimum Gasteiger partial charge on any atom is -0.276 e. The zero-order valence-electron chi connectivity index (χ0n) is 20.9. The van der Waals surface area contributed by atoms with Crippen molar-refractivity contribution in [1.29, 1.82) is 0 Å². The Hall–Kier alpha value is -5.84. The van der Waals surface area contributed by atoms with Crippen molar-refractivity contribution in [1.82, 2.24) is 20.8 Å². The van der Waals surface area contributed by atoms with Gasteiger partial charge in [-0.25, -0.2) is 9.97 Å². The minimum absolute atomic E-state index is 0.268. The van der Waals surface area contributed by atoms with Crippen LogP contribution in [0, 0.1) is 10.1 Å². The SMILES string of the molecule is O=C(NNc1ncnc(NNC(=O)C(c2ccccc2)c2ccccc2)c1[N+](=O)[O-])c1cccc2ccccc12. The monoisotopic (exact) mass is 533 g/mol. The van der Waals surface area contributed by atoms with Crippen LogP contribution in [-0.2, 0) is 4.79 Å². The molecule has 1 aromatic heterocycles. The Labute approximate surface area is 228 Å². The first-order valence-electron chi connectivity index (χ1n) is 12.2. The first kappa shape index (κ1) is 25.8. The molecule has 0 saturated carbocycles. The van der Waals surface area contributed by atoms with Gasteiger partial charge in [-0.05, 0) is 28.0 Å². The van der Waals surface area contributed by atoms with Crippen LogP contribution in [0.3, 0.4) is 0 Å². The molecule has 198 valence electrons. The van der Waals surface area contributed by atoms with Crippen molar-refractivity contribution in [2.24, 2.45) is 0 Å². The number of hydrogen-bond donors (Lipinski definition) is 4. The van der Waals surface area contributed by atoms with Gasteiger partial charge in [-0.15, -0.1) is 0 Å². The predicted octanol–water partition coefficient (Wildman–Crippen LogP) is 4.57. The van der Waals surface area contributed by atoms with Crippen molar-refractivity contribution >= 4 is 39.9 Å². The summed E-state index contributed by atoms with van der Waals surface area (Å²) in [5.41, 5.74) is 11.3. The number of benzene rings is 4. The molecule has 11 nitrogen and oxygen atoms in total. The molecule has 11 heteroatoms. The molecule has 0 unspecified atom stereocenters. The third kappa shape index (κ3) is 5.53. The third-order valence-corrected chi connectivity index (χ3v) is 6.17. The van der Waals surface area contributed by atoms with Gasteiger partial charge >= 0.3 is 5.69 Å². The molecule has 0 bridgehead atoms. The molecule has 4 aromatic carbocycles. The second-order valence-corrected chi connectivity index (χ2v) is 8.65. The lowest BCUT2D eigenvalue weighted by Gasteiger charge is -2.18. The van der Waals surface area contributed by atoms with E-state index in [1.165, 1.54) is 0 Å². The van der Waals surface area contributed by atoms with Crippen LogP contribution < -0.4 is 21.7 Å². The molecule has 0 radical (unpaired) electrons. The predicted molar refractivity (Wildman–Crippen MR) is 150 cm³/mol. The second-order valence-electron chi connectivity index (χ2n) is 8.65. The van der Waals surface area contributed by atoms with Gasteiger partial charge in [-0.3, -0.25) is 41.4 Å². The number of hydrazine groups is 2. The van der Waals surface area contributed by atoms with E-state index in [1.807, 2.05) is 84.9 Å². The summed E-state index contributed by atoms with van der Waals surface area (Å²) in [6.07, 6.45) is 1.07. The molecular formula is C29H23N7O4. The number of amides is 2. The highest BCUT2D eigenvalue weighted by Crippen LogP contribution is 2.29. The molecule has 40 heavy (non-hydrogen) atoms. The number of carbonyl (C=O) groups is 2. The van der Waals surface area contributed by atoms with Gasteiger partial charge in [0.15, 0.2) is 0 Å². The molecule has 5 rings (SSSR count). The molecule has 0 aliphatic heterocycles. The Morgan fingerprint density at radius 3 is 1.88 bits per heavy atom. The zero-order valence-corrected chi connectivity index (χ0v) is 20.9. The van der Waals surface area contributed by atoms with Crippen LogP contribution in [-0.4, -0.2) is 26.7 Å². The van der Waals surface area contributed by atoms with Gasteiger partial charge in [-0.2, -0.15) is 0 Å². The molecule has 0 aliphatic carbocycles. The fourth-order valence-electron chi connectivity index (χ4n) is 4.32. The van der Waals surface area contributed by atoms with Crippen LogP contribution in [0.15, 0.2) is 109 Å². The Morgan fingerprint density at radius 2 is 1.25 bits per heavy atom. The molecule has 0 aliphatic rings. The topological polar surface area (TPSA) is 151 Å². The fourth-order valence-corrected chi connectivity index (χ4v) is 4.32. The van der Waals surface area contributed by atoms with Crippen molar-refractivity contribution < 1.29 is 14.5 Å². The largest absolute Gasteiger partial charge is 0.356 e. The van der Waals surface area contributed by atoms with Gasteiger partial charge in [0, 0.05) is 5.56 Å². The first-order chi connectivity index (χ1) is 19.5. The maximum Gasteiger partial charge on any atom is 0.356 e. The summed E-state index contributed by atoms with van der Waals surface area (Å²) in [7, 11) is 0. The van der Waals surface area contributed by atoms with Crippen LogP contribution in [0.25, 0.3) is 10.8 Å². The van der Waals surface area contributed by atoms with Crippen molar-refractivity contribution in [3.8, 4) is 0 Å². The molecule has 2 amide bonds. The fraction of sp³-hybridized carbons (Fsp3) is 0.0345. The molecule has 5 aromatic rings. The lowest BCUT2D eigenvalue weighted by Crippen LogP contribution is -2.35. The summed E-state index contributed by atoms with van der Waals surface area (Å²) in [5.74, 6) is -2.19. The van der Waals surface area contributed by atoms with E-state index in [9.17, 15) is 19.7 Å². The normalized spacial score (nSPS) is 10.6. The summed E-state index contributed by atoms with van der Waals surface area (Å²) in [6.45, 7) is 0. The van der Waals surface area contributed by atoms with Gasteiger partial charge in [0.2, 0.25) is 17.5 Å². The van der Waals surface area contributed by atoms with Crippen LogP contribution >= 0.6 is 0 Å². The molecule has 0 saturated heterocycles. The van der Waals surface area contributed by atoms with Gasteiger partial charge in [0.05, 0.1) is 10.8 Å². The van der Waals surface area contributed by atoms with E-state index in [1.54, 1.807) is 18.2 Å². The quantitative estimate of drug-likeness (QED) is 0.159. The number of hydrogen-bond acceptors (Lipinski definition) is 8. The maximum atomic E-state index is 13.3. The first-order valence-corrected chi connectivity index (χ1v) is 12.2. The molecule has 1 heterocycles. The van der Waals surface area contributed by atoms with Crippen molar-refractivity contribution in [3.63, 3.8) is 0 Å². The van der Waals surface area contributed by atoms with E-state index in [2.05, 4.69) is 31.7 Å². The number of carbonyl (C=O) groups excluding carboxylic acids is 2. The summed E-state index contributed by atoms with van der Waals surface area (Å²) < 4.78 is 0. The standard InChI is InChI=1S/C29H23N7O4/c37-28(23-17-9-15-19-10-7-8-16-22(19)23)34-32-26-25(36(39)40)27(31-18-30-26)33-35-29(38)24(20-11-3-1-4-12-20)21-13-5-2-6-14-21/h1-18,24H,(H,34,37)(H,35,38)(H2,30,31,32,33). The van der Waals surface area contributed by atoms with Crippen molar-refractivity contribution in [3.05, 3.63) is 136 Å². The van der Waals surface area contributed by atoms with E-state index in [4.69, 9.17) is 0 Å². The Balaban J connectivity index is 1.35. The summed E-state index contributed by atoms with van der Waals surface area (Å²) in [6, 6.07) is 30.9. The second kappa shape index (κ2) is 11.7. The summed E-state index contributed by atoms with van der Waals surface area (Å²) >= 11 is 0. The van der Waals surface area contributed by atoms with E-state index in [0.29, 0.717) is 5.56 Å². The summed E-state index contributed by atoms with van der Waals surface area (Å²) in [5, 5.41) is 13.6. The molecule has 0 fully saturated rings. The van der Waals surface area contributed by atoms with Gasteiger partial charge < -0.3 is 0 Å². The zero-order chi connectivity index (χ0) is 27.9. The average molecular weight is 534 g/mol. The molecule has 0 atom stereocenters. The summed E-state index contributed by atoms with van der Waals surface area (Å²) in [4.78, 5) is 45.3. The highest BCUT2D eigenvalue weighted by Gasteiger charge is 2.27. The van der Waals surface area contributed by atoms with Crippen LogP contribution in [0.1, 0.15) is 27.4 Å². The third-order valence-electron chi connectivity index (χ3n) is 6.17. The Bertz CT molecular complexity index is 1640. The molecular weight excluding hydrogens is 510 g/mol. The number of rotatable bonds is 9. The Kier molecular flexibility index (Phi) is 7.54. The van der Waals surface area contributed by atoms with Crippen molar-refractivity contribution in [2.75, 3.05) is 10.9 Å². The minimum atomic E-state index is -0.716. The number of nitro groups is 1. The molecule has 0 spiro atoms. The lowest BCUT2D eigenvalue weighted by atomic mass is 9.91. The van der Waals surface area contributed by atoms with Crippen molar-refractivity contribution in [2.45, 2.75) is 5.92 Å². The number of nitrogens with zero attached hydrogens (tertiary/aromatic N) is 3. The highest BCUT2D eigenvalue weighted by atomic mass is 16.6. The van der Waals surface area contributed by atoms with E-state index in [-0.39, 0.29) is 11.6 Å². The average Bonchev–Trinajstić information content (AvgIpc) is 2.99. The van der Waals surface area contributed by atoms with Crippen LogP contribution in [0.4, 0.5) is 17.3 Å². The van der Waals surface area contributed by atoms with Gasteiger partial charge in [0.1, 0.15) is 6.33 Å². The molecule has 4 N–H and O–H groups in total. The van der Waals surface area contributed by atoms with E-state index < -0.39 is 28.3 Å². The van der Waals surface area contributed by atoms with Gasteiger partial charge in [-0.1, -0.05) is 97.1 Å². The smallest absolute Gasteiger partial charge is 0.276 e.